The highest BCUT2D eigenvalue weighted by Crippen LogP contribution is 2.28. The minimum absolute atomic E-state index is 0.0450. The summed E-state index contributed by atoms with van der Waals surface area (Å²) < 4.78 is 12.3. The Kier molecular flexibility index (Phi) is 5.46. The molecule has 31 heavy (non-hydrogen) atoms. The van der Waals surface area contributed by atoms with Crippen LogP contribution < -0.4 is 15.0 Å². The number of hydrogen-bond donors (Lipinski definition) is 1. The van der Waals surface area contributed by atoms with Gasteiger partial charge in [0.1, 0.15) is 11.4 Å². The van der Waals surface area contributed by atoms with Crippen LogP contribution in [0, 0.1) is 12.3 Å². The van der Waals surface area contributed by atoms with E-state index in [0.29, 0.717) is 48.1 Å². The molecule has 0 aliphatic carbocycles. The van der Waals surface area contributed by atoms with Crippen molar-refractivity contribution in [3.63, 3.8) is 0 Å². The molecule has 12 nitrogen and oxygen atoms in total. The minimum atomic E-state index is -0.0510. The molecule has 0 radical (unpaired) electrons. The molecular formula is C19H27N9O3. The molecule has 1 saturated heterocycles. The number of rotatable bonds is 6. The first kappa shape index (κ1) is 20.9. The molecule has 0 saturated carbocycles. The van der Waals surface area contributed by atoms with Gasteiger partial charge in [0.05, 0.1) is 13.2 Å². The molecule has 1 atom stereocenters. The normalized spacial score (nSPS) is 16.8. The van der Waals surface area contributed by atoms with Crippen LogP contribution in [0.1, 0.15) is 45.5 Å². The Bertz CT molecular complexity index is 1090. The van der Waals surface area contributed by atoms with Gasteiger partial charge in [-0.05, 0) is 18.8 Å². The molecule has 1 aliphatic rings. The maximum absolute atomic E-state index is 11.5. The van der Waals surface area contributed by atoms with Crippen molar-refractivity contribution in [2.24, 2.45) is 5.41 Å². The van der Waals surface area contributed by atoms with E-state index in [9.17, 15) is 4.79 Å². The summed E-state index contributed by atoms with van der Waals surface area (Å²) in [5.74, 6) is 0.597. The molecule has 166 valence electrons. The third kappa shape index (κ3) is 4.72. The van der Waals surface area contributed by atoms with Gasteiger partial charge >= 0.3 is 6.01 Å². The third-order valence-electron chi connectivity index (χ3n) is 4.90. The van der Waals surface area contributed by atoms with Gasteiger partial charge in [-0.25, -0.2) is 9.31 Å². The zero-order valence-corrected chi connectivity index (χ0v) is 18.4. The highest BCUT2D eigenvalue weighted by Gasteiger charge is 2.28. The summed E-state index contributed by atoms with van der Waals surface area (Å²) in [7, 11) is 0. The van der Waals surface area contributed by atoms with Crippen LogP contribution in [0.15, 0.2) is 4.63 Å². The van der Waals surface area contributed by atoms with Crippen molar-refractivity contribution in [2.75, 3.05) is 24.6 Å². The molecule has 4 rings (SSSR count). The quantitative estimate of drug-likeness (QED) is 0.606. The average molecular weight is 429 g/mol. The number of nitrogens with one attached hydrogen (secondary N) is 1. The Morgan fingerprint density at radius 2 is 2.10 bits per heavy atom. The van der Waals surface area contributed by atoms with E-state index in [1.807, 2.05) is 6.92 Å². The molecule has 0 unspecified atom stereocenters. The number of nitrogens with zero attached hydrogens (tertiary/aromatic N) is 8. The lowest BCUT2D eigenvalue weighted by atomic mass is 9.99. The first-order valence-electron chi connectivity index (χ1n) is 10.2. The van der Waals surface area contributed by atoms with Crippen LogP contribution in [0.4, 0.5) is 5.82 Å². The second kappa shape index (κ2) is 8.08. The summed E-state index contributed by atoms with van der Waals surface area (Å²) in [5, 5.41) is 19.3. The van der Waals surface area contributed by atoms with Crippen LogP contribution in [-0.4, -0.2) is 66.9 Å². The predicted molar refractivity (Wildman–Crippen MR) is 111 cm³/mol. The number of amides is 1. The van der Waals surface area contributed by atoms with Crippen LogP contribution in [0.5, 0.6) is 6.01 Å². The van der Waals surface area contributed by atoms with Gasteiger partial charge < -0.3 is 15.0 Å². The van der Waals surface area contributed by atoms with Crippen molar-refractivity contribution in [3.05, 3.63) is 11.4 Å². The van der Waals surface area contributed by atoms with E-state index in [1.165, 1.54) is 6.92 Å². The predicted octanol–water partition coefficient (Wildman–Crippen LogP) is 1.10. The molecule has 3 aromatic rings. The monoisotopic (exact) mass is 429 g/mol. The number of aryl methyl sites for hydroxylation is 1. The molecule has 12 heteroatoms. The lowest BCUT2D eigenvalue weighted by Crippen LogP contribution is -2.35. The zero-order valence-electron chi connectivity index (χ0n) is 18.4. The first-order valence-corrected chi connectivity index (χ1v) is 10.2. The lowest BCUT2D eigenvalue weighted by Gasteiger charge is -2.20. The Labute approximate surface area is 179 Å². The molecular weight excluding hydrogens is 402 g/mol. The molecule has 0 bridgehead atoms. The van der Waals surface area contributed by atoms with E-state index in [-0.39, 0.29) is 23.4 Å². The smallest absolute Gasteiger partial charge is 0.320 e. The first-order chi connectivity index (χ1) is 14.7. The van der Waals surface area contributed by atoms with E-state index in [2.05, 4.69) is 61.6 Å². The highest BCUT2D eigenvalue weighted by molar-refractivity contribution is 5.83. The Morgan fingerprint density at radius 1 is 1.29 bits per heavy atom. The number of carbonyl (C=O) groups excluding carboxylic acids is 1. The van der Waals surface area contributed by atoms with Crippen molar-refractivity contribution >= 4 is 22.9 Å². The molecule has 4 heterocycles. The van der Waals surface area contributed by atoms with E-state index < -0.39 is 0 Å². The largest absolute Gasteiger partial charge is 0.463 e. The van der Waals surface area contributed by atoms with Crippen molar-refractivity contribution < 1.29 is 14.2 Å². The van der Waals surface area contributed by atoms with Gasteiger partial charge in [0.15, 0.2) is 17.0 Å². The SMILES string of the molecule is CC(=O)N[C@H]1CCN(c2nc(OCC(C)(C)C)nc3c2nnn3Cc2nonc2C)C1. The van der Waals surface area contributed by atoms with Gasteiger partial charge in [0.2, 0.25) is 5.91 Å². The maximum Gasteiger partial charge on any atom is 0.320 e. The highest BCUT2D eigenvalue weighted by atomic mass is 16.6. The Morgan fingerprint density at radius 3 is 2.77 bits per heavy atom. The second-order valence-corrected chi connectivity index (χ2v) is 9.03. The molecule has 0 spiro atoms. The number of hydrogen-bond acceptors (Lipinski definition) is 10. The van der Waals surface area contributed by atoms with E-state index >= 15 is 0 Å². The topological polar surface area (TPSA) is 137 Å². The third-order valence-corrected chi connectivity index (χ3v) is 4.90. The maximum atomic E-state index is 11.5. The van der Waals surface area contributed by atoms with Crippen molar-refractivity contribution in [3.8, 4) is 6.01 Å². The van der Waals surface area contributed by atoms with Crippen molar-refractivity contribution in [2.45, 2.75) is 53.6 Å². The summed E-state index contributed by atoms with van der Waals surface area (Å²) in [6.45, 7) is 11.7. The van der Waals surface area contributed by atoms with Gasteiger partial charge in [-0.15, -0.1) is 5.10 Å². The molecule has 1 N–H and O–H groups in total. The van der Waals surface area contributed by atoms with Crippen LogP contribution >= 0.6 is 0 Å². The van der Waals surface area contributed by atoms with Crippen LogP contribution in [0.3, 0.4) is 0 Å². The van der Waals surface area contributed by atoms with Crippen molar-refractivity contribution in [1.82, 2.24) is 40.6 Å². The summed E-state index contributed by atoms with van der Waals surface area (Å²) >= 11 is 0. The fraction of sp³-hybridized carbons (Fsp3) is 0.632. The van der Waals surface area contributed by atoms with E-state index in [1.54, 1.807) is 4.68 Å². The summed E-state index contributed by atoms with van der Waals surface area (Å²) in [6, 6.07) is 0.319. The number of aromatic nitrogens is 7. The minimum Gasteiger partial charge on any atom is -0.463 e. The molecule has 0 aromatic carbocycles. The molecule has 3 aromatic heterocycles. The fourth-order valence-electron chi connectivity index (χ4n) is 3.39. The van der Waals surface area contributed by atoms with E-state index in [0.717, 1.165) is 13.0 Å². The zero-order chi connectivity index (χ0) is 22.2. The van der Waals surface area contributed by atoms with Gasteiger partial charge in [0.25, 0.3) is 0 Å². The fourth-order valence-corrected chi connectivity index (χ4v) is 3.39. The number of anilines is 1. The van der Waals surface area contributed by atoms with Crippen LogP contribution in [0.25, 0.3) is 11.2 Å². The number of fused-ring (bicyclic) bond motifs is 1. The van der Waals surface area contributed by atoms with Crippen molar-refractivity contribution in [1.29, 1.82) is 0 Å². The summed E-state index contributed by atoms with van der Waals surface area (Å²) in [4.78, 5) is 22.8. The molecule has 1 aliphatic heterocycles. The standard InChI is InChI=1S/C19H27N9O3/c1-11-14(25-31-24-11)9-28-17-15(23-26-28)16(21-18(22-17)30-10-19(3,4)5)27-7-6-13(8-27)20-12(2)29/h13H,6-10H2,1-5H3,(H,20,29)/t13-/m0/s1. The van der Waals surface area contributed by atoms with Gasteiger partial charge in [-0.3, -0.25) is 4.79 Å². The van der Waals surface area contributed by atoms with Gasteiger partial charge in [0, 0.05) is 26.1 Å². The average Bonchev–Trinajstić information content (AvgIpc) is 3.40. The van der Waals surface area contributed by atoms with Gasteiger partial charge in [-0.2, -0.15) is 9.97 Å². The number of carbonyl (C=O) groups is 1. The Hall–Kier alpha value is -3.31. The van der Waals surface area contributed by atoms with Crippen LogP contribution in [-0.2, 0) is 11.3 Å². The Balaban J connectivity index is 1.70. The second-order valence-electron chi connectivity index (χ2n) is 9.03. The molecule has 1 fully saturated rings. The van der Waals surface area contributed by atoms with Gasteiger partial charge in [-0.1, -0.05) is 36.3 Å². The lowest BCUT2D eigenvalue weighted by molar-refractivity contribution is -0.119. The summed E-state index contributed by atoms with van der Waals surface area (Å²) in [5.41, 5.74) is 2.39. The van der Waals surface area contributed by atoms with Crippen LogP contribution in [0.2, 0.25) is 0 Å². The molecule has 1 amide bonds. The summed E-state index contributed by atoms with van der Waals surface area (Å²) in [6.07, 6.45) is 0.821. The number of ether oxygens (including phenoxy) is 1. The van der Waals surface area contributed by atoms with E-state index in [4.69, 9.17) is 9.37 Å².